The van der Waals surface area contributed by atoms with E-state index in [1.807, 2.05) is 11.5 Å². The van der Waals surface area contributed by atoms with Crippen molar-refractivity contribution >= 4 is 11.9 Å². The van der Waals surface area contributed by atoms with Gasteiger partial charge in [0.25, 0.3) is 11.9 Å². The predicted octanol–water partition coefficient (Wildman–Crippen LogP) is 2.60. The zero-order valence-corrected chi connectivity index (χ0v) is 11.5. The summed E-state index contributed by atoms with van der Waals surface area (Å²) in [4.78, 5) is 2.43. The highest BCUT2D eigenvalue weighted by Gasteiger charge is 2.20. The fourth-order valence-corrected chi connectivity index (χ4v) is 1.71. The van der Waals surface area contributed by atoms with Crippen LogP contribution in [-0.4, -0.2) is 15.8 Å². The minimum atomic E-state index is -1.78. The van der Waals surface area contributed by atoms with Crippen LogP contribution in [0.4, 0.5) is 23.2 Å². The summed E-state index contributed by atoms with van der Waals surface area (Å²) in [5.74, 6) is -6.92. The zero-order valence-electron chi connectivity index (χ0n) is 11.5. The van der Waals surface area contributed by atoms with Gasteiger partial charge in [-0.25, -0.2) is 0 Å². The molecule has 2 aromatic heterocycles. The minimum Gasteiger partial charge on any atom is -0.339 e. The molecule has 2 heterocycles. The average Bonchev–Trinajstić information content (AvgIpc) is 2.76. The molecule has 0 unspecified atom stereocenters. The molecule has 0 saturated carbocycles. The number of halogens is 4. The summed E-state index contributed by atoms with van der Waals surface area (Å²) >= 11 is 0. The van der Waals surface area contributed by atoms with E-state index in [-0.39, 0.29) is 0 Å². The van der Waals surface area contributed by atoms with Crippen LogP contribution in [-0.2, 0) is 7.05 Å². The van der Waals surface area contributed by atoms with Crippen molar-refractivity contribution in [1.82, 2.24) is 9.55 Å². The third-order valence-corrected chi connectivity index (χ3v) is 3.07. The van der Waals surface area contributed by atoms with E-state index in [4.69, 9.17) is 5.26 Å². The monoisotopic (exact) mass is 311 g/mol. The second-order valence-corrected chi connectivity index (χ2v) is 4.31. The van der Waals surface area contributed by atoms with Crippen molar-refractivity contribution in [3.63, 3.8) is 0 Å². The summed E-state index contributed by atoms with van der Waals surface area (Å²) in [6.45, 7) is 1.70. The molecule has 5 nitrogen and oxygen atoms in total. The van der Waals surface area contributed by atoms with Crippen molar-refractivity contribution in [3.8, 4) is 6.07 Å². The van der Waals surface area contributed by atoms with Gasteiger partial charge in [-0.15, -0.1) is 0 Å². The smallest absolute Gasteiger partial charge is 0.254 e. The van der Waals surface area contributed by atoms with Gasteiger partial charge in [-0.05, 0) is 13.0 Å². The van der Waals surface area contributed by atoms with Crippen molar-refractivity contribution in [2.75, 3.05) is 5.43 Å². The van der Waals surface area contributed by atoms with E-state index in [1.54, 1.807) is 18.5 Å². The Morgan fingerprint density at radius 2 is 1.86 bits per heavy atom. The summed E-state index contributed by atoms with van der Waals surface area (Å²) in [7, 11) is 1.66. The molecule has 0 aliphatic carbocycles. The first-order valence-electron chi connectivity index (χ1n) is 5.92. The lowest BCUT2D eigenvalue weighted by atomic mass is 10.3. The lowest BCUT2D eigenvalue weighted by Crippen LogP contribution is -2.06. The topological polar surface area (TPSA) is 66.0 Å². The first-order chi connectivity index (χ1) is 10.4. The van der Waals surface area contributed by atoms with Crippen LogP contribution in [0.25, 0.3) is 0 Å². The largest absolute Gasteiger partial charge is 0.339 e. The summed E-state index contributed by atoms with van der Waals surface area (Å²) in [6.07, 6.45) is 1.17. The average molecular weight is 311 g/mol. The zero-order chi connectivity index (χ0) is 16.4. The van der Waals surface area contributed by atoms with Crippen molar-refractivity contribution in [2.24, 2.45) is 12.1 Å². The second-order valence-electron chi connectivity index (χ2n) is 4.31. The summed E-state index contributed by atoms with van der Waals surface area (Å²) in [5.41, 5.74) is 2.34. The van der Waals surface area contributed by atoms with E-state index in [9.17, 15) is 17.6 Å². The molecular weight excluding hydrogens is 302 g/mol. The molecule has 114 valence electrons. The number of anilines is 1. The molecule has 2 rings (SSSR count). The Bertz CT molecular complexity index is 778. The number of nitriles is 1. The number of hydrogen-bond donors (Lipinski definition) is 1. The normalized spacial score (nSPS) is 11.0. The maximum Gasteiger partial charge on any atom is 0.254 e. The molecule has 0 aliphatic rings. The van der Waals surface area contributed by atoms with Crippen LogP contribution in [0.3, 0.4) is 0 Å². The standard InChI is InChI=1S/C13H9F4N5/c1-6-7(3-8(4-18)22(6)2)5-19-21-11-9(14)12(16)20-13(17)10(11)15/h3,5H,1-2H3,(H,20,21)/b19-5-. The fraction of sp³-hybridized carbons (Fsp3) is 0.154. The van der Waals surface area contributed by atoms with Crippen LogP contribution in [0.2, 0.25) is 0 Å². The molecule has 0 spiro atoms. The van der Waals surface area contributed by atoms with E-state index in [0.29, 0.717) is 17.0 Å². The second kappa shape index (κ2) is 5.85. The van der Waals surface area contributed by atoms with Gasteiger partial charge in [0.15, 0.2) is 0 Å². The molecule has 0 atom stereocenters. The SMILES string of the molecule is Cc1c(/C=N\Nc2c(F)c(F)nc(F)c2F)cc(C#N)n1C. The lowest BCUT2D eigenvalue weighted by molar-refractivity contribution is 0.411. The number of hydrazone groups is 1. The number of pyridine rings is 1. The first kappa shape index (κ1) is 15.5. The maximum absolute atomic E-state index is 13.3. The molecule has 0 saturated heterocycles. The molecule has 0 aliphatic heterocycles. The predicted molar refractivity (Wildman–Crippen MR) is 70.2 cm³/mol. The third-order valence-electron chi connectivity index (χ3n) is 3.07. The molecule has 9 heteroatoms. The van der Waals surface area contributed by atoms with Crippen molar-refractivity contribution in [1.29, 1.82) is 5.26 Å². The van der Waals surface area contributed by atoms with Gasteiger partial charge in [-0.2, -0.15) is 32.9 Å². The highest BCUT2D eigenvalue weighted by Crippen LogP contribution is 2.22. The van der Waals surface area contributed by atoms with Crippen LogP contribution < -0.4 is 5.43 Å². The number of hydrogen-bond acceptors (Lipinski definition) is 4. The Kier molecular flexibility index (Phi) is 4.12. The van der Waals surface area contributed by atoms with Gasteiger partial charge in [-0.3, -0.25) is 5.43 Å². The molecule has 0 radical (unpaired) electrons. The summed E-state index contributed by atoms with van der Waals surface area (Å²) in [6, 6.07) is 3.45. The van der Waals surface area contributed by atoms with Crippen LogP contribution in [0.1, 0.15) is 17.0 Å². The summed E-state index contributed by atoms with van der Waals surface area (Å²) in [5, 5.41) is 12.4. The van der Waals surface area contributed by atoms with Crippen LogP contribution in [0.15, 0.2) is 11.2 Å². The number of nitrogens with one attached hydrogen (secondary N) is 1. The maximum atomic E-state index is 13.3. The highest BCUT2D eigenvalue weighted by atomic mass is 19.2. The van der Waals surface area contributed by atoms with Gasteiger partial charge in [0.2, 0.25) is 11.6 Å². The molecule has 2 aromatic rings. The number of aromatic nitrogens is 2. The molecule has 0 aromatic carbocycles. The van der Waals surface area contributed by atoms with Crippen molar-refractivity contribution in [2.45, 2.75) is 6.92 Å². The van der Waals surface area contributed by atoms with E-state index < -0.39 is 29.2 Å². The van der Waals surface area contributed by atoms with E-state index in [2.05, 4.69) is 10.1 Å². The molecule has 1 N–H and O–H groups in total. The van der Waals surface area contributed by atoms with Gasteiger partial charge in [0.1, 0.15) is 17.5 Å². The Labute approximate surface area is 122 Å². The molecular formula is C13H9F4N5. The highest BCUT2D eigenvalue weighted by molar-refractivity contribution is 5.82. The van der Waals surface area contributed by atoms with Crippen molar-refractivity contribution in [3.05, 3.63) is 46.5 Å². The molecule has 0 amide bonds. The Balaban J connectivity index is 2.30. The third kappa shape index (κ3) is 2.63. The Morgan fingerprint density at radius 1 is 1.27 bits per heavy atom. The first-order valence-corrected chi connectivity index (χ1v) is 5.92. The van der Waals surface area contributed by atoms with Crippen LogP contribution in [0, 0.1) is 41.8 Å². The number of nitrogens with zero attached hydrogens (tertiary/aromatic N) is 4. The minimum absolute atomic E-state index is 0.359. The van der Waals surface area contributed by atoms with Gasteiger partial charge in [-0.1, -0.05) is 0 Å². The molecule has 22 heavy (non-hydrogen) atoms. The van der Waals surface area contributed by atoms with Gasteiger partial charge in [0, 0.05) is 18.3 Å². The molecule has 0 bridgehead atoms. The van der Waals surface area contributed by atoms with E-state index in [0.717, 1.165) is 0 Å². The Morgan fingerprint density at radius 3 is 2.36 bits per heavy atom. The van der Waals surface area contributed by atoms with Crippen LogP contribution >= 0.6 is 0 Å². The number of rotatable bonds is 3. The van der Waals surface area contributed by atoms with Crippen molar-refractivity contribution < 1.29 is 17.6 Å². The fourth-order valence-electron chi connectivity index (χ4n) is 1.71. The molecule has 0 fully saturated rings. The van der Waals surface area contributed by atoms with Gasteiger partial charge >= 0.3 is 0 Å². The van der Waals surface area contributed by atoms with Gasteiger partial charge in [0.05, 0.1) is 6.21 Å². The van der Waals surface area contributed by atoms with E-state index >= 15 is 0 Å². The quantitative estimate of drug-likeness (QED) is 0.410. The summed E-state index contributed by atoms with van der Waals surface area (Å²) < 4.78 is 54.1. The van der Waals surface area contributed by atoms with E-state index in [1.165, 1.54) is 12.3 Å². The lowest BCUT2D eigenvalue weighted by Gasteiger charge is -2.04. The Hall–Kier alpha value is -2.89. The van der Waals surface area contributed by atoms with Crippen LogP contribution in [0.5, 0.6) is 0 Å². The van der Waals surface area contributed by atoms with Gasteiger partial charge < -0.3 is 4.57 Å².